The summed E-state index contributed by atoms with van der Waals surface area (Å²) >= 11 is 6.23. The molecule has 0 unspecified atom stereocenters. The lowest BCUT2D eigenvalue weighted by molar-refractivity contribution is -0.138. The number of rotatable bonds is 4. The molecular weight excluding hydrogens is 515 g/mol. The molecule has 3 aromatic rings. The van der Waals surface area contributed by atoms with Crippen LogP contribution in [0.4, 0.5) is 24.9 Å². The number of hydrogen-bond acceptors (Lipinski definition) is 8. The number of ether oxygens (including phenoxy) is 1. The van der Waals surface area contributed by atoms with Gasteiger partial charge in [0.25, 0.3) is 5.56 Å². The van der Waals surface area contributed by atoms with Crippen molar-refractivity contribution < 1.29 is 22.7 Å². The molecule has 2 aliphatic heterocycles. The molecule has 10 nitrogen and oxygen atoms in total. The Hall–Kier alpha value is -3.45. The van der Waals surface area contributed by atoms with Gasteiger partial charge in [-0.05, 0) is 6.07 Å². The molecule has 37 heavy (non-hydrogen) atoms. The monoisotopic (exact) mass is 537 g/mol. The molecule has 196 valence electrons. The minimum Gasteiger partial charge on any atom is -0.374 e. The van der Waals surface area contributed by atoms with Gasteiger partial charge in [-0.1, -0.05) is 23.7 Å². The number of carbonyl (C=O) groups is 1. The Labute approximate surface area is 214 Å². The fourth-order valence-corrected chi connectivity index (χ4v) is 4.81. The van der Waals surface area contributed by atoms with E-state index in [4.69, 9.17) is 16.3 Å². The highest BCUT2D eigenvalue weighted by atomic mass is 35.5. The molecule has 0 radical (unpaired) electrons. The normalized spacial score (nSPS) is 18.9. The number of benzene rings is 1. The summed E-state index contributed by atoms with van der Waals surface area (Å²) in [6.07, 6.45) is -3.18. The van der Waals surface area contributed by atoms with Crippen molar-refractivity contribution in [2.45, 2.75) is 18.7 Å². The van der Waals surface area contributed by atoms with Crippen LogP contribution in [0, 0.1) is 0 Å². The molecule has 1 amide bonds. The molecule has 5 rings (SSSR count). The van der Waals surface area contributed by atoms with E-state index in [1.807, 2.05) is 4.90 Å². The van der Waals surface area contributed by atoms with E-state index in [-0.39, 0.29) is 29.9 Å². The molecule has 2 saturated heterocycles. The zero-order chi connectivity index (χ0) is 26.2. The van der Waals surface area contributed by atoms with E-state index in [0.29, 0.717) is 67.5 Å². The minimum absolute atomic E-state index is 0.0813. The predicted octanol–water partition coefficient (Wildman–Crippen LogP) is 2.33. The summed E-state index contributed by atoms with van der Waals surface area (Å²) in [5.74, 6) is 0.692. The zero-order valence-electron chi connectivity index (χ0n) is 19.5. The molecule has 2 aromatic heterocycles. The molecular formula is C23H23ClF3N7O3. The molecule has 0 bridgehead atoms. The first-order chi connectivity index (χ1) is 17.7. The van der Waals surface area contributed by atoms with Gasteiger partial charge in [-0.2, -0.15) is 18.3 Å². The number of piperazine rings is 1. The van der Waals surface area contributed by atoms with Crippen molar-refractivity contribution in [1.29, 1.82) is 0 Å². The highest BCUT2D eigenvalue weighted by Crippen LogP contribution is 2.29. The van der Waals surface area contributed by atoms with E-state index in [0.717, 1.165) is 12.4 Å². The molecule has 1 N–H and O–H groups in total. The third-order valence-electron chi connectivity index (χ3n) is 6.47. The number of aromatic nitrogens is 4. The molecule has 2 aliphatic rings. The first-order valence-electron chi connectivity index (χ1n) is 11.7. The summed E-state index contributed by atoms with van der Waals surface area (Å²) in [5.41, 5.74) is -1.27. The molecule has 2 fully saturated rings. The average molecular weight is 538 g/mol. The summed E-state index contributed by atoms with van der Waals surface area (Å²) in [5, 5.41) is 8.06. The smallest absolute Gasteiger partial charge is 0.374 e. The fourth-order valence-electron chi connectivity index (χ4n) is 4.55. The number of morpholine rings is 1. The van der Waals surface area contributed by atoms with Crippen LogP contribution >= 0.6 is 11.6 Å². The van der Waals surface area contributed by atoms with Gasteiger partial charge < -0.3 is 19.4 Å². The molecule has 4 heterocycles. The second-order valence-corrected chi connectivity index (χ2v) is 9.23. The topological polar surface area (TPSA) is 108 Å². The first kappa shape index (κ1) is 25.2. The highest BCUT2D eigenvalue weighted by Gasteiger charge is 2.32. The Morgan fingerprint density at radius 2 is 1.84 bits per heavy atom. The lowest BCUT2D eigenvalue weighted by atomic mass is 10.1. The Balaban J connectivity index is 1.19. The second-order valence-electron chi connectivity index (χ2n) is 8.82. The van der Waals surface area contributed by atoms with E-state index in [9.17, 15) is 22.8 Å². The van der Waals surface area contributed by atoms with Crippen LogP contribution in [0.1, 0.15) is 12.0 Å². The second kappa shape index (κ2) is 10.1. The lowest BCUT2D eigenvalue weighted by Gasteiger charge is -2.37. The van der Waals surface area contributed by atoms with E-state index in [2.05, 4.69) is 20.2 Å². The number of hydrogen-bond donors (Lipinski definition) is 1. The third-order valence-corrected chi connectivity index (χ3v) is 6.78. The van der Waals surface area contributed by atoms with Crippen molar-refractivity contribution in [3.63, 3.8) is 0 Å². The van der Waals surface area contributed by atoms with E-state index < -0.39 is 11.7 Å². The quantitative estimate of drug-likeness (QED) is 0.540. The Morgan fingerprint density at radius 3 is 2.54 bits per heavy atom. The number of nitrogens with one attached hydrogen (secondary N) is 1. The van der Waals surface area contributed by atoms with Crippen molar-refractivity contribution >= 4 is 40.0 Å². The summed E-state index contributed by atoms with van der Waals surface area (Å²) in [7, 11) is 0. The van der Waals surface area contributed by atoms with Crippen molar-refractivity contribution in [3.05, 3.63) is 51.5 Å². The van der Waals surface area contributed by atoms with Gasteiger partial charge in [-0.3, -0.25) is 9.59 Å². The first-order valence-corrected chi connectivity index (χ1v) is 12.0. The summed E-state index contributed by atoms with van der Waals surface area (Å²) in [4.78, 5) is 38.3. The minimum atomic E-state index is -4.49. The van der Waals surface area contributed by atoms with Crippen molar-refractivity contribution in [1.82, 2.24) is 25.1 Å². The number of amides is 1. The van der Waals surface area contributed by atoms with Gasteiger partial charge in [0.1, 0.15) is 0 Å². The summed E-state index contributed by atoms with van der Waals surface area (Å²) in [6, 6.07) is 5.19. The van der Waals surface area contributed by atoms with Crippen molar-refractivity contribution in [2.24, 2.45) is 0 Å². The number of aromatic amines is 1. The molecule has 0 saturated carbocycles. The number of anilines is 2. The van der Waals surface area contributed by atoms with Crippen LogP contribution in [0.25, 0.3) is 10.8 Å². The zero-order valence-corrected chi connectivity index (χ0v) is 20.3. The molecule has 1 atom stereocenters. The predicted molar refractivity (Wildman–Crippen MR) is 130 cm³/mol. The maximum Gasteiger partial charge on any atom is 0.419 e. The maximum absolute atomic E-state index is 13.0. The number of H-pyrrole nitrogens is 1. The van der Waals surface area contributed by atoms with Crippen LogP contribution < -0.4 is 15.4 Å². The van der Waals surface area contributed by atoms with Crippen LogP contribution in [0.2, 0.25) is 5.02 Å². The largest absolute Gasteiger partial charge is 0.419 e. The SMILES string of the molecule is O=C(C[C@@H]1CN(c2n[nH]c(=O)c3c(Cl)cccc23)CCO1)N1CCN(c2ncc(C(F)(F)F)cn2)CC1. The van der Waals surface area contributed by atoms with E-state index in [1.54, 1.807) is 28.0 Å². The van der Waals surface area contributed by atoms with Gasteiger partial charge in [0.2, 0.25) is 11.9 Å². The van der Waals surface area contributed by atoms with Crippen LogP contribution in [0.15, 0.2) is 35.4 Å². The van der Waals surface area contributed by atoms with Gasteiger partial charge >= 0.3 is 6.18 Å². The number of nitrogens with zero attached hydrogens (tertiary/aromatic N) is 6. The third kappa shape index (κ3) is 5.32. The van der Waals surface area contributed by atoms with Gasteiger partial charge in [0.05, 0.1) is 35.1 Å². The molecule has 0 aliphatic carbocycles. The van der Waals surface area contributed by atoms with Crippen LogP contribution in [-0.4, -0.2) is 83.0 Å². The summed E-state index contributed by atoms with van der Waals surface area (Å²) < 4.78 is 44.1. The Bertz CT molecular complexity index is 1340. The van der Waals surface area contributed by atoms with Gasteiger partial charge in [0.15, 0.2) is 5.82 Å². The summed E-state index contributed by atoms with van der Waals surface area (Å²) in [6.45, 7) is 2.93. The van der Waals surface area contributed by atoms with Crippen LogP contribution in [0.5, 0.6) is 0 Å². The van der Waals surface area contributed by atoms with Crippen LogP contribution in [-0.2, 0) is 15.7 Å². The van der Waals surface area contributed by atoms with Crippen molar-refractivity contribution in [2.75, 3.05) is 55.7 Å². The highest BCUT2D eigenvalue weighted by molar-refractivity contribution is 6.35. The fraction of sp³-hybridized carbons (Fsp3) is 0.435. The average Bonchev–Trinajstić information content (AvgIpc) is 2.89. The maximum atomic E-state index is 13.0. The Kier molecular flexibility index (Phi) is 6.90. The number of alkyl halides is 3. The lowest BCUT2D eigenvalue weighted by Crippen LogP contribution is -2.51. The number of carbonyl (C=O) groups excluding carboxylic acids is 1. The van der Waals surface area contributed by atoms with Gasteiger partial charge in [-0.15, -0.1) is 0 Å². The molecule has 1 aromatic carbocycles. The standard InChI is InChI=1S/C23H23ClF3N7O3/c24-17-3-1-2-16-19(17)21(36)31-30-20(16)34-8-9-37-15(13-34)10-18(35)32-4-6-33(7-5-32)22-28-11-14(12-29-22)23(25,26)27/h1-3,11-12,15H,4-10,13H2,(H,31,36)/t15-/m1/s1. The molecule has 14 heteroatoms. The van der Waals surface area contributed by atoms with Crippen LogP contribution in [0.3, 0.4) is 0 Å². The van der Waals surface area contributed by atoms with E-state index >= 15 is 0 Å². The van der Waals surface area contributed by atoms with Gasteiger partial charge in [-0.25, -0.2) is 15.1 Å². The van der Waals surface area contributed by atoms with Gasteiger partial charge in [0, 0.05) is 57.0 Å². The van der Waals surface area contributed by atoms with E-state index in [1.165, 1.54) is 0 Å². The number of halogens is 4. The van der Waals surface area contributed by atoms with Crippen molar-refractivity contribution in [3.8, 4) is 0 Å². The Morgan fingerprint density at radius 1 is 1.11 bits per heavy atom. The number of fused-ring (bicyclic) bond motifs is 1. The molecule has 0 spiro atoms.